The van der Waals surface area contributed by atoms with E-state index >= 15 is 0 Å². The van der Waals surface area contributed by atoms with Gasteiger partial charge in [-0.05, 0) is 46.7 Å². The number of rotatable bonds is 8. The van der Waals surface area contributed by atoms with Gasteiger partial charge in [0.2, 0.25) is 0 Å². The molecule has 40 heavy (non-hydrogen) atoms. The van der Waals surface area contributed by atoms with Crippen molar-refractivity contribution >= 4 is 22.5 Å². The molecule has 8 nitrogen and oxygen atoms in total. The van der Waals surface area contributed by atoms with E-state index in [2.05, 4.69) is 39.7 Å². The molecule has 0 aliphatic carbocycles. The lowest BCUT2D eigenvalue weighted by Gasteiger charge is -2.08. The van der Waals surface area contributed by atoms with Gasteiger partial charge >= 0.3 is 0 Å². The fourth-order valence-corrected chi connectivity index (χ4v) is 4.79. The number of nitrogens with two attached hydrogens (primary N) is 1. The monoisotopic (exact) mass is 527 g/mol. The van der Waals surface area contributed by atoms with Crippen LogP contribution in [0.3, 0.4) is 0 Å². The third-order valence-electron chi connectivity index (χ3n) is 6.84. The van der Waals surface area contributed by atoms with Crippen LogP contribution in [0.4, 0.5) is 5.82 Å². The van der Waals surface area contributed by atoms with E-state index in [9.17, 15) is 4.79 Å². The van der Waals surface area contributed by atoms with Crippen LogP contribution in [0.15, 0.2) is 104 Å². The van der Waals surface area contributed by atoms with Gasteiger partial charge in [0, 0.05) is 36.1 Å². The van der Waals surface area contributed by atoms with Crippen molar-refractivity contribution in [2.45, 2.75) is 26.6 Å². The highest BCUT2D eigenvalue weighted by Gasteiger charge is 2.18. The van der Waals surface area contributed by atoms with Gasteiger partial charge in [-0.1, -0.05) is 66.7 Å². The zero-order chi connectivity index (χ0) is 27.5. The number of fused-ring (bicyclic) bond motifs is 1. The van der Waals surface area contributed by atoms with Gasteiger partial charge in [-0.2, -0.15) is 10.2 Å². The summed E-state index contributed by atoms with van der Waals surface area (Å²) >= 11 is 0. The smallest absolute Gasteiger partial charge is 0.255 e. The maximum Gasteiger partial charge on any atom is 0.255 e. The van der Waals surface area contributed by atoms with Gasteiger partial charge in [0.1, 0.15) is 11.5 Å². The van der Waals surface area contributed by atoms with Gasteiger partial charge in [0.15, 0.2) is 0 Å². The van der Waals surface area contributed by atoms with Crippen molar-refractivity contribution in [3.05, 3.63) is 131 Å². The maximum atomic E-state index is 13.4. The normalized spacial score (nSPS) is 11.1. The molecule has 0 spiro atoms. The van der Waals surface area contributed by atoms with Gasteiger partial charge in [-0.3, -0.25) is 14.2 Å². The molecular formula is C32H29N7O. The number of hydrogen-bond acceptors (Lipinski definition) is 5. The highest BCUT2D eigenvalue weighted by atomic mass is 16.1. The van der Waals surface area contributed by atoms with E-state index in [4.69, 9.17) is 10.8 Å². The molecule has 1 amide bonds. The van der Waals surface area contributed by atoms with E-state index in [1.807, 2.05) is 89.5 Å². The van der Waals surface area contributed by atoms with E-state index in [-0.39, 0.29) is 5.91 Å². The highest BCUT2D eigenvalue weighted by molar-refractivity contribution is 6.00. The van der Waals surface area contributed by atoms with E-state index < -0.39 is 0 Å². The predicted molar refractivity (Wildman–Crippen MR) is 157 cm³/mol. The highest BCUT2D eigenvalue weighted by Crippen LogP contribution is 2.24. The second-order valence-corrected chi connectivity index (χ2v) is 9.92. The third-order valence-corrected chi connectivity index (χ3v) is 6.84. The Morgan fingerprint density at radius 3 is 2.33 bits per heavy atom. The van der Waals surface area contributed by atoms with Crippen LogP contribution in [-0.2, 0) is 19.6 Å². The number of anilines is 1. The van der Waals surface area contributed by atoms with Crippen LogP contribution in [0.5, 0.6) is 0 Å². The molecule has 3 aromatic carbocycles. The summed E-state index contributed by atoms with van der Waals surface area (Å²) < 4.78 is 3.76. The van der Waals surface area contributed by atoms with Crippen molar-refractivity contribution in [2.24, 2.45) is 0 Å². The van der Waals surface area contributed by atoms with Gasteiger partial charge < -0.3 is 11.1 Å². The first-order valence-corrected chi connectivity index (χ1v) is 13.1. The Balaban J connectivity index is 1.20. The van der Waals surface area contributed by atoms with Crippen LogP contribution in [-0.4, -0.2) is 30.5 Å². The molecule has 0 unspecified atom stereocenters. The topological polar surface area (TPSA) is 104 Å². The predicted octanol–water partition coefficient (Wildman–Crippen LogP) is 5.21. The van der Waals surface area contributed by atoms with E-state index in [1.54, 1.807) is 6.20 Å². The number of pyridine rings is 1. The van der Waals surface area contributed by atoms with E-state index in [0.29, 0.717) is 30.2 Å². The van der Waals surface area contributed by atoms with E-state index in [0.717, 1.165) is 39.6 Å². The number of carbonyl (C=O) groups is 1. The number of hydrogen-bond donors (Lipinski definition) is 2. The van der Waals surface area contributed by atoms with E-state index in [1.165, 1.54) is 5.56 Å². The van der Waals surface area contributed by atoms with Crippen LogP contribution in [0.1, 0.15) is 32.6 Å². The summed E-state index contributed by atoms with van der Waals surface area (Å²) in [5.74, 6) is 0.319. The zero-order valence-corrected chi connectivity index (χ0v) is 22.2. The van der Waals surface area contributed by atoms with Crippen LogP contribution >= 0.6 is 0 Å². The van der Waals surface area contributed by atoms with Crippen LogP contribution in [0, 0.1) is 6.92 Å². The number of aromatic nitrogens is 5. The molecule has 6 aromatic rings. The number of nitrogens with one attached hydrogen (secondary N) is 1. The molecule has 3 aromatic heterocycles. The second-order valence-electron chi connectivity index (χ2n) is 9.92. The first kappa shape index (κ1) is 25.1. The van der Waals surface area contributed by atoms with Crippen LogP contribution in [0.2, 0.25) is 0 Å². The first-order chi connectivity index (χ1) is 19.5. The van der Waals surface area contributed by atoms with Crippen molar-refractivity contribution < 1.29 is 4.79 Å². The quantitative estimate of drug-likeness (QED) is 0.283. The van der Waals surface area contributed by atoms with Crippen molar-refractivity contribution in [3.8, 4) is 11.3 Å². The Bertz CT molecular complexity index is 1790. The molecule has 0 bridgehead atoms. The summed E-state index contributed by atoms with van der Waals surface area (Å²) in [4.78, 5) is 17.6. The Labute approximate surface area is 232 Å². The Morgan fingerprint density at radius 1 is 0.875 bits per heavy atom. The van der Waals surface area contributed by atoms with Crippen molar-refractivity contribution in [1.29, 1.82) is 0 Å². The molecule has 0 saturated heterocycles. The van der Waals surface area contributed by atoms with Gasteiger partial charge in [0.25, 0.3) is 5.91 Å². The summed E-state index contributed by atoms with van der Waals surface area (Å²) in [6.45, 7) is 3.69. The summed E-state index contributed by atoms with van der Waals surface area (Å²) in [6, 6.07) is 26.0. The number of benzene rings is 3. The number of carbonyl (C=O) groups excluding carboxylic acids is 1. The number of nitrogen functional groups attached to an aromatic ring is 1. The molecule has 0 aliphatic heterocycles. The minimum Gasteiger partial charge on any atom is -0.383 e. The Hall–Kier alpha value is -5.24. The average molecular weight is 528 g/mol. The molecular weight excluding hydrogens is 498 g/mol. The third kappa shape index (κ3) is 5.47. The molecule has 0 saturated carbocycles. The minimum atomic E-state index is -0.177. The zero-order valence-electron chi connectivity index (χ0n) is 22.2. The Kier molecular flexibility index (Phi) is 6.80. The average Bonchev–Trinajstić information content (AvgIpc) is 3.59. The van der Waals surface area contributed by atoms with Crippen LogP contribution in [0.25, 0.3) is 22.0 Å². The standard InChI is InChI=1S/C32H29N7O/c1-22-16-36-38(18-22)19-23-7-9-24(10-8-23)20-39-21-29(30(37-39)26-5-3-2-4-6-26)32(40)35-17-25-11-12-28-27(15-25)13-14-34-31(28)33/h2-16,18,21H,17,19-20H2,1H3,(H2,33,34)(H,35,40). The summed E-state index contributed by atoms with van der Waals surface area (Å²) in [5, 5.41) is 14.1. The second kappa shape index (κ2) is 10.9. The number of amides is 1. The molecule has 6 rings (SSSR count). The molecule has 3 N–H and O–H groups in total. The largest absolute Gasteiger partial charge is 0.383 e. The lowest BCUT2D eigenvalue weighted by molar-refractivity contribution is 0.0951. The van der Waals surface area contributed by atoms with Crippen molar-refractivity contribution in [2.75, 3.05) is 5.73 Å². The lowest BCUT2D eigenvalue weighted by Crippen LogP contribution is -2.23. The molecule has 0 fully saturated rings. The minimum absolute atomic E-state index is 0.177. The van der Waals surface area contributed by atoms with Gasteiger partial charge in [-0.25, -0.2) is 4.98 Å². The molecule has 8 heteroatoms. The van der Waals surface area contributed by atoms with Crippen molar-refractivity contribution in [1.82, 2.24) is 29.9 Å². The van der Waals surface area contributed by atoms with Crippen LogP contribution < -0.4 is 11.1 Å². The number of nitrogens with zero attached hydrogens (tertiary/aromatic N) is 5. The fourth-order valence-electron chi connectivity index (χ4n) is 4.79. The van der Waals surface area contributed by atoms with Gasteiger partial charge in [-0.15, -0.1) is 0 Å². The molecule has 3 heterocycles. The summed E-state index contributed by atoms with van der Waals surface area (Å²) in [5.41, 5.74) is 12.4. The lowest BCUT2D eigenvalue weighted by atomic mass is 10.1. The maximum absolute atomic E-state index is 13.4. The first-order valence-electron chi connectivity index (χ1n) is 13.1. The SMILES string of the molecule is Cc1cnn(Cc2ccc(Cn3cc(C(=O)NCc4ccc5c(N)nccc5c4)c(-c4ccccc4)n3)cc2)c1. The summed E-state index contributed by atoms with van der Waals surface area (Å²) in [6.07, 6.45) is 7.40. The Morgan fingerprint density at radius 2 is 1.60 bits per heavy atom. The molecule has 0 aliphatic rings. The van der Waals surface area contributed by atoms with Crippen molar-refractivity contribution in [3.63, 3.8) is 0 Å². The number of aryl methyl sites for hydroxylation is 1. The fraction of sp³-hybridized carbons (Fsp3) is 0.125. The summed E-state index contributed by atoms with van der Waals surface area (Å²) in [7, 11) is 0. The molecule has 0 atom stereocenters. The molecule has 198 valence electrons. The molecule has 0 radical (unpaired) electrons. The van der Waals surface area contributed by atoms with Gasteiger partial charge in [0.05, 0.1) is 24.8 Å².